The third-order valence-electron chi connectivity index (χ3n) is 3.95. The summed E-state index contributed by atoms with van der Waals surface area (Å²) in [5.41, 5.74) is 5.95. The smallest absolute Gasteiger partial charge is 0.315 e. The molecule has 146 valence electrons. The number of benzene rings is 2. The number of fused-ring (bicyclic) bond motifs is 1. The molecular weight excluding hydrogens is 362 g/mol. The number of hydrogen-bond donors (Lipinski definition) is 2. The summed E-state index contributed by atoms with van der Waals surface area (Å²) in [7, 11) is 1.44. The lowest BCUT2D eigenvalue weighted by molar-refractivity contribution is -0.386. The van der Waals surface area contributed by atoms with Crippen LogP contribution in [0.5, 0.6) is 11.5 Å². The van der Waals surface area contributed by atoms with Crippen LogP contribution in [0.4, 0.5) is 11.6 Å². The van der Waals surface area contributed by atoms with Crippen LogP contribution < -0.4 is 14.9 Å². The Kier molecular flexibility index (Phi) is 5.73. The first-order valence-electron chi connectivity index (χ1n) is 8.76. The largest absolute Gasteiger partial charge is 0.493 e. The molecule has 2 N–H and O–H groups in total. The molecule has 3 aromatic rings. The van der Waals surface area contributed by atoms with E-state index < -0.39 is 4.92 Å². The highest BCUT2D eigenvalue weighted by atomic mass is 16.6. The minimum Gasteiger partial charge on any atom is -0.493 e. The summed E-state index contributed by atoms with van der Waals surface area (Å²) in [6.07, 6.45) is 2.18. The third-order valence-corrected chi connectivity index (χ3v) is 3.95. The minimum atomic E-state index is -0.500. The number of nitro groups is 1. The number of imidazole rings is 1. The Labute approximate surface area is 161 Å². The molecule has 28 heavy (non-hydrogen) atoms. The molecule has 1 heterocycles. The number of aromatic nitrogens is 2. The Morgan fingerprint density at radius 3 is 2.89 bits per heavy atom. The van der Waals surface area contributed by atoms with Gasteiger partial charge in [-0.25, -0.2) is 10.4 Å². The van der Waals surface area contributed by atoms with Gasteiger partial charge in [0.15, 0.2) is 5.75 Å². The summed E-state index contributed by atoms with van der Waals surface area (Å²) in [6, 6.07) is 8.90. The molecule has 0 atom stereocenters. The molecule has 1 aromatic heterocycles. The van der Waals surface area contributed by atoms with Gasteiger partial charge in [0.2, 0.25) is 11.7 Å². The average Bonchev–Trinajstić information content (AvgIpc) is 3.07. The van der Waals surface area contributed by atoms with Crippen LogP contribution >= 0.6 is 0 Å². The second kappa shape index (κ2) is 8.38. The van der Waals surface area contributed by atoms with E-state index in [1.165, 1.54) is 19.4 Å². The molecule has 0 saturated carbocycles. The molecule has 0 aliphatic heterocycles. The van der Waals surface area contributed by atoms with E-state index in [0.29, 0.717) is 18.1 Å². The summed E-state index contributed by atoms with van der Waals surface area (Å²) >= 11 is 0. The normalized spacial score (nSPS) is 11.1. The first kappa shape index (κ1) is 19.2. The van der Waals surface area contributed by atoms with Gasteiger partial charge in [-0.1, -0.05) is 13.0 Å². The predicted octanol–water partition coefficient (Wildman–Crippen LogP) is 4.02. The molecule has 0 aliphatic carbocycles. The van der Waals surface area contributed by atoms with Crippen LogP contribution in [0.2, 0.25) is 0 Å². The molecule has 0 saturated heterocycles. The third kappa shape index (κ3) is 4.20. The van der Waals surface area contributed by atoms with Crippen molar-refractivity contribution in [3.8, 4) is 11.5 Å². The molecule has 9 nitrogen and oxygen atoms in total. The van der Waals surface area contributed by atoms with Crippen LogP contribution in [0, 0.1) is 17.0 Å². The van der Waals surface area contributed by atoms with Crippen LogP contribution in [-0.2, 0) is 0 Å². The number of aromatic amines is 1. The summed E-state index contributed by atoms with van der Waals surface area (Å²) in [5.74, 6) is 0.872. The quantitative estimate of drug-likeness (QED) is 0.345. The monoisotopic (exact) mass is 383 g/mol. The van der Waals surface area contributed by atoms with E-state index in [4.69, 9.17) is 9.47 Å². The Balaban J connectivity index is 1.83. The number of nitrogens with one attached hydrogen (secondary N) is 2. The summed E-state index contributed by atoms with van der Waals surface area (Å²) in [5, 5.41) is 15.5. The van der Waals surface area contributed by atoms with Gasteiger partial charge in [-0.3, -0.25) is 10.1 Å². The Bertz CT molecular complexity index is 1030. The summed E-state index contributed by atoms with van der Waals surface area (Å²) in [4.78, 5) is 18.4. The highest BCUT2D eigenvalue weighted by Crippen LogP contribution is 2.38. The van der Waals surface area contributed by atoms with Gasteiger partial charge in [-0.15, -0.1) is 0 Å². The van der Waals surface area contributed by atoms with E-state index in [9.17, 15) is 10.1 Å². The number of anilines is 1. The van der Waals surface area contributed by atoms with Crippen LogP contribution in [0.15, 0.2) is 35.4 Å². The average molecular weight is 383 g/mol. The lowest BCUT2D eigenvalue weighted by Gasteiger charge is -2.11. The first-order valence-corrected chi connectivity index (χ1v) is 8.76. The fourth-order valence-corrected chi connectivity index (χ4v) is 2.66. The molecule has 0 bridgehead atoms. The standard InChI is InChI=1S/C19H21N5O4/c1-4-7-28-18-16(24(25)26)9-13(10-17(18)27-3)11-20-23-19-21-14-6-5-12(2)8-15(14)22-19/h5-6,8-11H,4,7H2,1-3H3,(H2,21,22,23)/b20-11-. The number of nitrogens with zero attached hydrogens (tertiary/aromatic N) is 3. The molecule has 0 amide bonds. The van der Waals surface area contributed by atoms with Gasteiger partial charge in [0.05, 0.1) is 35.9 Å². The zero-order chi connectivity index (χ0) is 20.1. The highest BCUT2D eigenvalue weighted by molar-refractivity contribution is 5.84. The number of hydrazone groups is 1. The Morgan fingerprint density at radius 2 is 2.18 bits per heavy atom. The summed E-state index contributed by atoms with van der Waals surface area (Å²) < 4.78 is 10.8. The second-order valence-electron chi connectivity index (χ2n) is 6.15. The molecule has 0 spiro atoms. The molecule has 0 unspecified atom stereocenters. The van der Waals surface area contributed by atoms with Gasteiger partial charge in [-0.2, -0.15) is 5.10 Å². The Hall–Kier alpha value is -3.62. The number of aryl methyl sites for hydroxylation is 1. The number of nitro benzene ring substituents is 1. The zero-order valence-corrected chi connectivity index (χ0v) is 15.9. The van der Waals surface area contributed by atoms with Crippen molar-refractivity contribution in [1.82, 2.24) is 9.97 Å². The van der Waals surface area contributed by atoms with Gasteiger partial charge < -0.3 is 14.5 Å². The second-order valence-corrected chi connectivity index (χ2v) is 6.15. The van der Waals surface area contributed by atoms with E-state index in [0.717, 1.165) is 23.0 Å². The van der Waals surface area contributed by atoms with Crippen molar-refractivity contribution in [2.75, 3.05) is 19.1 Å². The molecule has 2 aromatic carbocycles. The van der Waals surface area contributed by atoms with Crippen molar-refractivity contribution >= 4 is 28.9 Å². The minimum absolute atomic E-state index is 0.118. The van der Waals surface area contributed by atoms with E-state index >= 15 is 0 Å². The molecule has 9 heteroatoms. The maximum Gasteiger partial charge on any atom is 0.315 e. The van der Waals surface area contributed by atoms with Gasteiger partial charge in [0, 0.05) is 11.6 Å². The van der Waals surface area contributed by atoms with Crippen molar-refractivity contribution in [2.45, 2.75) is 20.3 Å². The van der Waals surface area contributed by atoms with Crippen LogP contribution in [0.25, 0.3) is 11.0 Å². The van der Waals surface area contributed by atoms with Crippen molar-refractivity contribution in [2.24, 2.45) is 5.10 Å². The van der Waals surface area contributed by atoms with Gasteiger partial charge in [0.1, 0.15) is 0 Å². The van der Waals surface area contributed by atoms with Crippen molar-refractivity contribution in [1.29, 1.82) is 0 Å². The highest BCUT2D eigenvalue weighted by Gasteiger charge is 2.21. The fraction of sp³-hybridized carbons (Fsp3) is 0.263. The van der Waals surface area contributed by atoms with Crippen molar-refractivity contribution in [3.63, 3.8) is 0 Å². The lowest BCUT2D eigenvalue weighted by atomic mass is 10.2. The lowest BCUT2D eigenvalue weighted by Crippen LogP contribution is -2.03. The first-order chi connectivity index (χ1) is 13.5. The molecule has 0 radical (unpaired) electrons. The maximum absolute atomic E-state index is 11.4. The van der Waals surface area contributed by atoms with Crippen molar-refractivity contribution < 1.29 is 14.4 Å². The number of H-pyrrole nitrogens is 1. The van der Waals surface area contributed by atoms with Gasteiger partial charge >= 0.3 is 5.69 Å². The zero-order valence-electron chi connectivity index (χ0n) is 15.9. The van der Waals surface area contributed by atoms with E-state index in [1.807, 2.05) is 32.0 Å². The summed E-state index contributed by atoms with van der Waals surface area (Å²) in [6.45, 7) is 4.28. The number of ether oxygens (including phenoxy) is 2. The molecule has 3 rings (SSSR count). The van der Waals surface area contributed by atoms with Crippen LogP contribution in [-0.4, -0.2) is 34.8 Å². The fourth-order valence-electron chi connectivity index (χ4n) is 2.66. The maximum atomic E-state index is 11.4. The van der Waals surface area contributed by atoms with Gasteiger partial charge in [-0.05, 0) is 37.1 Å². The number of rotatable bonds is 8. The van der Waals surface area contributed by atoms with Crippen LogP contribution in [0.1, 0.15) is 24.5 Å². The van der Waals surface area contributed by atoms with E-state index in [-0.39, 0.29) is 17.2 Å². The van der Waals surface area contributed by atoms with Gasteiger partial charge in [0.25, 0.3) is 0 Å². The van der Waals surface area contributed by atoms with E-state index in [2.05, 4.69) is 20.5 Å². The Morgan fingerprint density at radius 1 is 1.36 bits per heavy atom. The predicted molar refractivity (Wildman–Crippen MR) is 107 cm³/mol. The van der Waals surface area contributed by atoms with E-state index in [1.54, 1.807) is 6.07 Å². The topological polar surface area (TPSA) is 115 Å². The van der Waals surface area contributed by atoms with Crippen molar-refractivity contribution in [3.05, 3.63) is 51.6 Å². The molecule has 0 fully saturated rings. The SMILES string of the molecule is CCCOc1c(OC)cc(/C=N\Nc2nc3ccc(C)cc3[nH]2)cc1[N+](=O)[O-]. The number of methoxy groups -OCH3 is 1. The number of hydrogen-bond acceptors (Lipinski definition) is 7. The molecule has 0 aliphatic rings. The van der Waals surface area contributed by atoms with Crippen LogP contribution in [0.3, 0.4) is 0 Å². The molecular formula is C19H21N5O4.